The third kappa shape index (κ3) is 2.49. The Labute approximate surface area is 147 Å². The van der Waals surface area contributed by atoms with Crippen molar-refractivity contribution < 1.29 is 19.1 Å². The van der Waals surface area contributed by atoms with Crippen LogP contribution in [0.3, 0.4) is 0 Å². The number of hydrogen-bond acceptors (Lipinski definition) is 4. The van der Waals surface area contributed by atoms with Crippen molar-refractivity contribution in [3.8, 4) is 0 Å². The molecule has 3 heterocycles. The second kappa shape index (κ2) is 5.99. The zero-order valence-electron chi connectivity index (χ0n) is 14.6. The number of amides is 1. The van der Waals surface area contributed by atoms with E-state index in [1.807, 2.05) is 54.3 Å². The fraction of sp³-hybridized carbons (Fsp3) is 0.500. The van der Waals surface area contributed by atoms with E-state index in [-0.39, 0.29) is 30.6 Å². The van der Waals surface area contributed by atoms with Gasteiger partial charge in [-0.15, -0.1) is 0 Å². The molecule has 25 heavy (non-hydrogen) atoms. The van der Waals surface area contributed by atoms with Crippen LogP contribution >= 0.6 is 0 Å². The molecule has 0 aliphatic carbocycles. The molecule has 5 heteroatoms. The minimum Gasteiger partial charge on any atom is -0.460 e. The first-order valence-electron chi connectivity index (χ1n) is 8.94. The van der Waals surface area contributed by atoms with Gasteiger partial charge in [-0.2, -0.15) is 0 Å². The topological polar surface area (TPSA) is 55.8 Å². The first-order chi connectivity index (χ1) is 12.1. The summed E-state index contributed by atoms with van der Waals surface area (Å²) in [7, 11) is 0. The second-order valence-corrected chi connectivity index (χ2v) is 7.22. The monoisotopic (exact) mass is 341 g/mol. The van der Waals surface area contributed by atoms with E-state index in [0.717, 1.165) is 12.0 Å². The molecule has 0 saturated carbocycles. The summed E-state index contributed by atoms with van der Waals surface area (Å²) >= 11 is 0. The zero-order chi connectivity index (χ0) is 17.6. The van der Waals surface area contributed by atoms with E-state index in [4.69, 9.17) is 9.47 Å². The normalized spacial score (nSPS) is 33.6. The Morgan fingerprint density at radius 1 is 1.40 bits per heavy atom. The van der Waals surface area contributed by atoms with Gasteiger partial charge in [-0.25, -0.2) is 0 Å². The lowest BCUT2D eigenvalue weighted by atomic mass is 9.77. The molecule has 2 saturated heterocycles. The van der Waals surface area contributed by atoms with Crippen LogP contribution < -0.4 is 0 Å². The average Bonchev–Trinajstić information content (AvgIpc) is 3.28. The summed E-state index contributed by atoms with van der Waals surface area (Å²) in [6, 6.07) is 9.71. The fourth-order valence-corrected chi connectivity index (χ4v) is 4.22. The first kappa shape index (κ1) is 16.3. The smallest absolute Gasteiger partial charge is 0.313 e. The molecule has 1 aromatic carbocycles. The lowest BCUT2D eigenvalue weighted by molar-refractivity contribution is -0.155. The molecule has 0 aromatic heterocycles. The summed E-state index contributed by atoms with van der Waals surface area (Å²) in [6.45, 7) is 4.84. The molecule has 5 atom stereocenters. The van der Waals surface area contributed by atoms with E-state index in [1.165, 1.54) is 0 Å². The number of ether oxygens (including phenoxy) is 2. The first-order valence-corrected chi connectivity index (χ1v) is 8.94. The van der Waals surface area contributed by atoms with Gasteiger partial charge >= 0.3 is 5.97 Å². The minimum atomic E-state index is -0.651. The highest BCUT2D eigenvalue weighted by molar-refractivity contribution is 5.91. The van der Waals surface area contributed by atoms with Gasteiger partial charge in [-0.3, -0.25) is 9.59 Å². The van der Waals surface area contributed by atoms with Crippen LogP contribution in [0.1, 0.15) is 25.8 Å². The quantitative estimate of drug-likeness (QED) is 0.609. The summed E-state index contributed by atoms with van der Waals surface area (Å²) < 4.78 is 11.6. The lowest BCUT2D eigenvalue weighted by Gasteiger charge is -2.26. The number of carbonyl (C=O) groups is 2. The van der Waals surface area contributed by atoms with Crippen molar-refractivity contribution in [2.45, 2.75) is 44.6 Å². The number of likely N-dealkylation sites (tertiary alicyclic amines) is 1. The van der Waals surface area contributed by atoms with Crippen molar-refractivity contribution in [1.29, 1.82) is 0 Å². The number of benzene rings is 1. The van der Waals surface area contributed by atoms with Crippen LogP contribution in [0.4, 0.5) is 0 Å². The molecule has 0 radical (unpaired) electrons. The molecule has 5 nitrogen and oxygen atoms in total. The van der Waals surface area contributed by atoms with E-state index in [0.29, 0.717) is 6.54 Å². The third-order valence-corrected chi connectivity index (χ3v) is 5.75. The Balaban J connectivity index is 1.52. The van der Waals surface area contributed by atoms with Crippen molar-refractivity contribution in [1.82, 2.24) is 4.90 Å². The predicted molar refractivity (Wildman–Crippen MR) is 91.4 cm³/mol. The van der Waals surface area contributed by atoms with Gasteiger partial charge in [0.1, 0.15) is 18.1 Å². The van der Waals surface area contributed by atoms with Gasteiger partial charge < -0.3 is 14.4 Å². The maximum absolute atomic E-state index is 13.0. The van der Waals surface area contributed by atoms with E-state index < -0.39 is 17.4 Å². The van der Waals surface area contributed by atoms with Crippen LogP contribution in [0.15, 0.2) is 42.5 Å². The third-order valence-electron chi connectivity index (χ3n) is 5.75. The lowest BCUT2D eigenvalue weighted by Crippen LogP contribution is -2.41. The van der Waals surface area contributed by atoms with Crippen molar-refractivity contribution >= 4 is 11.9 Å². The summed E-state index contributed by atoms with van der Waals surface area (Å²) in [5, 5.41) is 0. The molecule has 132 valence electrons. The van der Waals surface area contributed by atoms with E-state index in [2.05, 4.69) is 6.92 Å². The van der Waals surface area contributed by atoms with E-state index in [1.54, 1.807) is 0 Å². The standard InChI is InChI=1S/C20H23NO4/c1-3-13(2)21-12-20-10-9-15(25-20)16(17(20)18(21)22)19(23)24-11-14-7-5-4-6-8-14/h4-10,13,15-17H,3,11-12H2,1-2H3/t13-,15+,16+,17-,20+/m0/s1. The van der Waals surface area contributed by atoms with Crippen LogP contribution in [-0.4, -0.2) is 41.1 Å². The highest BCUT2D eigenvalue weighted by Crippen LogP contribution is 2.52. The Kier molecular flexibility index (Phi) is 3.91. The van der Waals surface area contributed by atoms with Crippen molar-refractivity contribution in [3.63, 3.8) is 0 Å². The van der Waals surface area contributed by atoms with Gasteiger partial charge in [0.15, 0.2) is 0 Å². The highest BCUT2D eigenvalue weighted by Gasteiger charge is 2.67. The van der Waals surface area contributed by atoms with Crippen LogP contribution in [0.2, 0.25) is 0 Å². The zero-order valence-corrected chi connectivity index (χ0v) is 14.6. The number of esters is 1. The second-order valence-electron chi connectivity index (χ2n) is 7.22. The average molecular weight is 341 g/mol. The summed E-state index contributed by atoms with van der Waals surface area (Å²) in [6.07, 6.45) is 4.42. The highest BCUT2D eigenvalue weighted by atomic mass is 16.6. The number of rotatable bonds is 5. The molecule has 3 aliphatic rings. The van der Waals surface area contributed by atoms with Crippen molar-refractivity contribution in [2.75, 3.05) is 6.54 Å². The molecule has 3 aliphatic heterocycles. The van der Waals surface area contributed by atoms with Crippen LogP contribution in [0, 0.1) is 11.8 Å². The molecule has 0 unspecified atom stereocenters. The van der Waals surface area contributed by atoms with Crippen LogP contribution in [0.5, 0.6) is 0 Å². The largest absolute Gasteiger partial charge is 0.460 e. The van der Waals surface area contributed by atoms with E-state index >= 15 is 0 Å². The van der Waals surface area contributed by atoms with E-state index in [9.17, 15) is 9.59 Å². The summed E-state index contributed by atoms with van der Waals surface area (Å²) in [5.41, 5.74) is 0.283. The van der Waals surface area contributed by atoms with Gasteiger partial charge in [0.05, 0.1) is 18.6 Å². The van der Waals surface area contributed by atoms with Gasteiger partial charge in [-0.05, 0) is 18.9 Å². The molecule has 2 fully saturated rings. The maximum atomic E-state index is 13.0. The Bertz CT molecular complexity index is 716. The Morgan fingerprint density at radius 2 is 2.16 bits per heavy atom. The molecular formula is C20H23NO4. The van der Waals surface area contributed by atoms with Gasteiger partial charge in [0.25, 0.3) is 0 Å². The van der Waals surface area contributed by atoms with Gasteiger partial charge in [0.2, 0.25) is 5.91 Å². The van der Waals surface area contributed by atoms with Crippen LogP contribution in [0.25, 0.3) is 0 Å². The number of fused-ring (bicyclic) bond motifs is 1. The van der Waals surface area contributed by atoms with Gasteiger partial charge in [0, 0.05) is 6.04 Å². The Morgan fingerprint density at radius 3 is 2.88 bits per heavy atom. The molecule has 4 rings (SSSR count). The molecule has 1 spiro atoms. The number of carbonyl (C=O) groups excluding carboxylic acids is 2. The summed E-state index contributed by atoms with van der Waals surface area (Å²) in [4.78, 5) is 27.6. The summed E-state index contributed by atoms with van der Waals surface area (Å²) in [5.74, 6) is -1.33. The molecular weight excluding hydrogens is 318 g/mol. The van der Waals surface area contributed by atoms with Gasteiger partial charge in [-0.1, -0.05) is 49.4 Å². The Hall–Kier alpha value is -2.14. The molecule has 1 amide bonds. The van der Waals surface area contributed by atoms with Crippen molar-refractivity contribution in [2.24, 2.45) is 11.8 Å². The predicted octanol–water partition coefficient (Wildman–Crippen LogP) is 2.31. The SMILES string of the molecule is CC[C@H](C)N1C[C@@]23C=C[C@@H](O2)[C@@H](C(=O)OCc2ccccc2)[C@H]3C1=O. The number of nitrogens with zero attached hydrogens (tertiary/aromatic N) is 1. The molecule has 2 bridgehead atoms. The molecule has 0 N–H and O–H groups in total. The molecule has 1 aromatic rings. The fourth-order valence-electron chi connectivity index (χ4n) is 4.22. The van der Waals surface area contributed by atoms with Crippen LogP contribution in [-0.2, 0) is 25.7 Å². The number of hydrogen-bond donors (Lipinski definition) is 0. The maximum Gasteiger partial charge on any atom is 0.313 e. The van der Waals surface area contributed by atoms with Crippen molar-refractivity contribution in [3.05, 3.63) is 48.0 Å². The minimum absolute atomic E-state index is 0.0165.